The maximum atomic E-state index is 11.8. The van der Waals surface area contributed by atoms with Crippen molar-refractivity contribution >= 4 is 10.2 Å². The van der Waals surface area contributed by atoms with Crippen LogP contribution in [0.4, 0.5) is 0 Å². The zero-order valence-corrected chi connectivity index (χ0v) is 9.79. The van der Waals surface area contributed by atoms with Crippen LogP contribution in [0.3, 0.4) is 0 Å². The number of nitrogens with one attached hydrogen (secondary N) is 1. The van der Waals surface area contributed by atoms with Gasteiger partial charge in [0, 0.05) is 32.8 Å². The van der Waals surface area contributed by atoms with Gasteiger partial charge in [0.1, 0.15) is 0 Å². The van der Waals surface area contributed by atoms with Crippen LogP contribution < -0.4 is 10.5 Å². The second-order valence-electron chi connectivity index (χ2n) is 3.58. The van der Waals surface area contributed by atoms with Crippen LogP contribution in [0.5, 0.6) is 0 Å². The standard InChI is InChI=1S/C8H19N3O3S/c1-14-7-6-11(5-4-9)15(12,13)10-8-2-3-8/h8,10H,2-7,9H2,1H3. The van der Waals surface area contributed by atoms with E-state index in [1.54, 1.807) is 7.11 Å². The number of nitrogens with zero attached hydrogens (tertiary/aromatic N) is 1. The fraction of sp³-hybridized carbons (Fsp3) is 1.00. The van der Waals surface area contributed by atoms with Crippen molar-refractivity contribution in [3.05, 3.63) is 0 Å². The molecule has 7 heteroatoms. The second kappa shape index (κ2) is 5.76. The molecule has 1 aliphatic rings. The monoisotopic (exact) mass is 237 g/mol. The highest BCUT2D eigenvalue weighted by Gasteiger charge is 2.30. The van der Waals surface area contributed by atoms with Gasteiger partial charge in [-0.1, -0.05) is 0 Å². The summed E-state index contributed by atoms with van der Waals surface area (Å²) in [6.07, 6.45) is 1.86. The molecule has 0 bridgehead atoms. The quantitative estimate of drug-likeness (QED) is 0.560. The van der Waals surface area contributed by atoms with Crippen LogP contribution in [-0.4, -0.2) is 52.1 Å². The highest BCUT2D eigenvalue weighted by atomic mass is 32.2. The molecule has 15 heavy (non-hydrogen) atoms. The van der Waals surface area contributed by atoms with E-state index in [2.05, 4.69) is 4.72 Å². The number of ether oxygens (including phenoxy) is 1. The third kappa shape index (κ3) is 4.43. The Morgan fingerprint density at radius 2 is 2.13 bits per heavy atom. The zero-order chi connectivity index (χ0) is 11.3. The van der Waals surface area contributed by atoms with E-state index in [9.17, 15) is 8.42 Å². The van der Waals surface area contributed by atoms with Crippen molar-refractivity contribution < 1.29 is 13.2 Å². The molecule has 0 aromatic carbocycles. The van der Waals surface area contributed by atoms with E-state index in [-0.39, 0.29) is 6.04 Å². The molecule has 3 N–H and O–H groups in total. The first-order valence-electron chi connectivity index (χ1n) is 5.06. The van der Waals surface area contributed by atoms with Gasteiger partial charge >= 0.3 is 0 Å². The first kappa shape index (κ1) is 12.9. The first-order valence-corrected chi connectivity index (χ1v) is 6.50. The summed E-state index contributed by atoms with van der Waals surface area (Å²) < 4.78 is 32.4. The first-order chi connectivity index (χ1) is 7.10. The van der Waals surface area contributed by atoms with Crippen molar-refractivity contribution in [1.29, 1.82) is 0 Å². The Bertz CT molecular complexity index is 277. The summed E-state index contributed by atoms with van der Waals surface area (Å²) in [5, 5.41) is 0. The lowest BCUT2D eigenvalue weighted by Crippen LogP contribution is -2.45. The van der Waals surface area contributed by atoms with Crippen LogP contribution in [0.25, 0.3) is 0 Å². The Morgan fingerprint density at radius 1 is 1.47 bits per heavy atom. The topological polar surface area (TPSA) is 84.7 Å². The summed E-state index contributed by atoms with van der Waals surface area (Å²) in [4.78, 5) is 0. The van der Waals surface area contributed by atoms with Gasteiger partial charge in [-0.05, 0) is 12.8 Å². The molecule has 0 aromatic rings. The fourth-order valence-corrected chi connectivity index (χ4v) is 2.64. The van der Waals surface area contributed by atoms with Crippen molar-refractivity contribution in [2.24, 2.45) is 5.73 Å². The van der Waals surface area contributed by atoms with Gasteiger partial charge in [-0.25, -0.2) is 0 Å². The normalized spacial score (nSPS) is 17.3. The summed E-state index contributed by atoms with van der Waals surface area (Å²) in [5.41, 5.74) is 5.37. The van der Waals surface area contributed by atoms with Gasteiger partial charge in [0.25, 0.3) is 10.2 Å². The van der Waals surface area contributed by atoms with Crippen molar-refractivity contribution in [3.8, 4) is 0 Å². The maximum Gasteiger partial charge on any atom is 0.279 e. The average Bonchev–Trinajstić information content (AvgIpc) is 2.95. The third-order valence-corrected chi connectivity index (χ3v) is 3.83. The molecular weight excluding hydrogens is 218 g/mol. The van der Waals surface area contributed by atoms with Crippen molar-refractivity contribution in [2.45, 2.75) is 18.9 Å². The Kier molecular flexibility index (Phi) is 4.94. The van der Waals surface area contributed by atoms with Crippen LogP contribution in [0.1, 0.15) is 12.8 Å². The highest BCUT2D eigenvalue weighted by Crippen LogP contribution is 2.20. The molecule has 0 saturated heterocycles. The van der Waals surface area contributed by atoms with E-state index in [4.69, 9.17) is 10.5 Å². The number of hydrogen-bond donors (Lipinski definition) is 2. The van der Waals surface area contributed by atoms with E-state index >= 15 is 0 Å². The molecule has 1 aliphatic carbocycles. The fourth-order valence-electron chi connectivity index (χ4n) is 1.18. The Morgan fingerprint density at radius 3 is 2.60 bits per heavy atom. The summed E-state index contributed by atoms with van der Waals surface area (Å²) in [7, 11) is -1.83. The number of nitrogens with two attached hydrogens (primary N) is 1. The number of rotatable bonds is 8. The molecule has 0 spiro atoms. The molecule has 90 valence electrons. The van der Waals surface area contributed by atoms with Gasteiger partial charge in [-0.3, -0.25) is 0 Å². The van der Waals surface area contributed by atoms with Gasteiger partial charge in [-0.15, -0.1) is 0 Å². The lowest BCUT2D eigenvalue weighted by molar-refractivity contribution is 0.179. The predicted octanol–water partition coefficient (Wildman–Crippen LogP) is -1.11. The van der Waals surface area contributed by atoms with Gasteiger partial charge in [0.15, 0.2) is 0 Å². The molecule has 0 atom stereocenters. The van der Waals surface area contributed by atoms with E-state index in [1.807, 2.05) is 0 Å². The highest BCUT2D eigenvalue weighted by molar-refractivity contribution is 7.87. The molecular formula is C8H19N3O3S. The SMILES string of the molecule is COCCN(CCN)S(=O)(=O)NC1CC1. The second-order valence-corrected chi connectivity index (χ2v) is 5.28. The Hall–Kier alpha value is -0.210. The molecule has 0 unspecified atom stereocenters. The molecule has 0 aliphatic heterocycles. The van der Waals surface area contributed by atoms with Crippen LogP contribution in [-0.2, 0) is 14.9 Å². The van der Waals surface area contributed by atoms with Gasteiger partial charge in [0.05, 0.1) is 6.61 Å². The van der Waals surface area contributed by atoms with Crippen molar-refractivity contribution in [3.63, 3.8) is 0 Å². The largest absolute Gasteiger partial charge is 0.383 e. The molecule has 1 fully saturated rings. The Balaban J connectivity index is 2.50. The molecule has 0 amide bonds. The summed E-state index contributed by atoms with van der Waals surface area (Å²) in [6.45, 7) is 1.36. The van der Waals surface area contributed by atoms with Crippen molar-refractivity contribution in [1.82, 2.24) is 9.03 Å². The summed E-state index contributed by atoms with van der Waals surface area (Å²) >= 11 is 0. The minimum Gasteiger partial charge on any atom is -0.383 e. The molecule has 0 aromatic heterocycles. The van der Waals surface area contributed by atoms with E-state index in [0.29, 0.717) is 26.2 Å². The molecule has 1 saturated carbocycles. The van der Waals surface area contributed by atoms with Crippen LogP contribution >= 0.6 is 0 Å². The molecule has 0 heterocycles. The smallest absolute Gasteiger partial charge is 0.279 e. The molecule has 1 rings (SSSR count). The third-order valence-electron chi connectivity index (χ3n) is 2.16. The van der Waals surface area contributed by atoms with E-state index < -0.39 is 10.2 Å². The van der Waals surface area contributed by atoms with Crippen LogP contribution in [0, 0.1) is 0 Å². The van der Waals surface area contributed by atoms with Gasteiger partial charge < -0.3 is 10.5 Å². The Labute approximate surface area is 90.9 Å². The van der Waals surface area contributed by atoms with E-state index in [1.165, 1.54) is 4.31 Å². The molecule has 6 nitrogen and oxygen atoms in total. The van der Waals surface area contributed by atoms with Crippen LogP contribution in [0.2, 0.25) is 0 Å². The summed E-state index contributed by atoms with van der Waals surface area (Å²) in [6, 6.07) is 0.123. The average molecular weight is 237 g/mol. The van der Waals surface area contributed by atoms with Crippen molar-refractivity contribution in [2.75, 3.05) is 33.4 Å². The van der Waals surface area contributed by atoms with E-state index in [0.717, 1.165) is 12.8 Å². The van der Waals surface area contributed by atoms with Crippen LogP contribution in [0.15, 0.2) is 0 Å². The predicted molar refractivity (Wildman–Crippen MR) is 57.6 cm³/mol. The lowest BCUT2D eigenvalue weighted by Gasteiger charge is -2.21. The maximum absolute atomic E-state index is 11.8. The minimum absolute atomic E-state index is 0.123. The van der Waals surface area contributed by atoms with Gasteiger partial charge in [-0.2, -0.15) is 17.4 Å². The number of methoxy groups -OCH3 is 1. The molecule has 0 radical (unpaired) electrons. The van der Waals surface area contributed by atoms with Gasteiger partial charge in [0.2, 0.25) is 0 Å². The lowest BCUT2D eigenvalue weighted by atomic mass is 10.6. The zero-order valence-electron chi connectivity index (χ0n) is 8.98. The number of hydrogen-bond acceptors (Lipinski definition) is 4. The minimum atomic E-state index is -3.37. The summed E-state index contributed by atoms with van der Waals surface area (Å²) in [5.74, 6) is 0.